The second-order valence-electron chi connectivity index (χ2n) is 3.12. The number of hydrogen-bond acceptors (Lipinski definition) is 2. The Morgan fingerprint density at radius 3 is 2.40 bits per heavy atom. The highest BCUT2D eigenvalue weighted by atomic mass is 32.2. The zero-order valence-corrected chi connectivity index (χ0v) is 8.65. The molecule has 1 aliphatic heterocycles. The van der Waals surface area contributed by atoms with Gasteiger partial charge < -0.3 is 0 Å². The summed E-state index contributed by atoms with van der Waals surface area (Å²) in [5, 5.41) is 0. The van der Waals surface area contributed by atoms with Crippen molar-refractivity contribution in [3.05, 3.63) is 0 Å². The highest BCUT2D eigenvalue weighted by Crippen LogP contribution is 2.50. The molecule has 1 fully saturated rings. The third kappa shape index (κ3) is 1.48. The lowest BCUT2D eigenvalue weighted by Crippen LogP contribution is -2.22. The molecule has 1 heterocycles. The summed E-state index contributed by atoms with van der Waals surface area (Å²) in [5.41, 5.74) is 0. The minimum absolute atomic E-state index is 0.569. The molecule has 0 amide bonds. The third-order valence-electron chi connectivity index (χ3n) is 2.24. The van der Waals surface area contributed by atoms with Crippen LogP contribution < -0.4 is 0 Å². The molecule has 0 nitrogen and oxygen atoms in total. The van der Waals surface area contributed by atoms with Crippen LogP contribution in [-0.4, -0.2) is 16.1 Å². The normalized spacial score (nSPS) is 33.6. The van der Waals surface area contributed by atoms with E-state index in [1.807, 2.05) is 0 Å². The highest BCUT2D eigenvalue weighted by Gasteiger charge is 2.36. The van der Waals surface area contributed by atoms with E-state index in [0.717, 1.165) is 5.92 Å². The Labute approximate surface area is 72.5 Å². The van der Waals surface area contributed by atoms with Crippen LogP contribution in [0.2, 0.25) is 0 Å². The van der Waals surface area contributed by atoms with Crippen LogP contribution in [0.4, 0.5) is 0 Å². The van der Waals surface area contributed by atoms with Crippen LogP contribution in [-0.2, 0) is 0 Å². The van der Waals surface area contributed by atoms with E-state index in [-0.39, 0.29) is 0 Å². The summed E-state index contributed by atoms with van der Waals surface area (Å²) in [6.07, 6.45) is 5.08. The van der Waals surface area contributed by atoms with Gasteiger partial charge in [0.1, 0.15) is 0 Å². The van der Waals surface area contributed by atoms with Crippen molar-refractivity contribution in [2.24, 2.45) is 5.92 Å². The first-order chi connectivity index (χ1) is 4.71. The molecule has 0 aromatic carbocycles. The van der Waals surface area contributed by atoms with E-state index in [4.69, 9.17) is 0 Å². The SMILES string of the molecule is CSC1(C(C)C)CCCS1. The molecule has 0 aromatic heterocycles. The first-order valence-corrected chi connectivity index (χ1v) is 6.11. The van der Waals surface area contributed by atoms with Crippen LogP contribution in [0.1, 0.15) is 26.7 Å². The summed E-state index contributed by atoms with van der Waals surface area (Å²) in [5.74, 6) is 2.20. The topological polar surface area (TPSA) is 0 Å². The van der Waals surface area contributed by atoms with Crippen molar-refractivity contribution < 1.29 is 0 Å². The molecule has 0 N–H and O–H groups in total. The molecule has 1 aliphatic rings. The lowest BCUT2D eigenvalue weighted by atomic mass is 10.1. The van der Waals surface area contributed by atoms with Crippen LogP contribution in [0.15, 0.2) is 0 Å². The standard InChI is InChI=1S/C8H16S2/c1-7(2)8(9-3)5-4-6-10-8/h7H,4-6H2,1-3H3. The van der Waals surface area contributed by atoms with E-state index in [1.165, 1.54) is 18.6 Å². The summed E-state index contributed by atoms with van der Waals surface area (Å²) in [7, 11) is 0. The first kappa shape index (κ1) is 8.79. The summed E-state index contributed by atoms with van der Waals surface area (Å²) in [4.78, 5) is 0. The van der Waals surface area contributed by atoms with Crippen LogP contribution in [0.5, 0.6) is 0 Å². The Bertz CT molecular complexity index is 104. The summed E-state index contributed by atoms with van der Waals surface area (Å²) in [6.45, 7) is 4.68. The minimum Gasteiger partial charge on any atom is -0.147 e. The summed E-state index contributed by atoms with van der Waals surface area (Å²) in [6, 6.07) is 0. The van der Waals surface area contributed by atoms with Gasteiger partial charge in [0.15, 0.2) is 0 Å². The maximum Gasteiger partial charge on any atom is 0.0631 e. The predicted molar refractivity (Wildman–Crippen MR) is 52.8 cm³/mol. The number of hydrogen-bond donors (Lipinski definition) is 0. The van der Waals surface area contributed by atoms with Gasteiger partial charge in [0, 0.05) is 0 Å². The molecule has 1 unspecified atom stereocenters. The van der Waals surface area contributed by atoms with Crippen molar-refractivity contribution in [3.63, 3.8) is 0 Å². The Balaban J connectivity index is 2.58. The van der Waals surface area contributed by atoms with Crippen molar-refractivity contribution in [3.8, 4) is 0 Å². The van der Waals surface area contributed by atoms with Gasteiger partial charge in [-0.05, 0) is 30.8 Å². The Morgan fingerprint density at radius 1 is 1.50 bits per heavy atom. The molecule has 0 saturated carbocycles. The number of thioether (sulfide) groups is 2. The summed E-state index contributed by atoms with van der Waals surface area (Å²) >= 11 is 4.21. The highest BCUT2D eigenvalue weighted by molar-refractivity contribution is 8.18. The zero-order chi connectivity index (χ0) is 7.61. The molecular formula is C8H16S2. The van der Waals surface area contributed by atoms with Gasteiger partial charge in [0.05, 0.1) is 4.08 Å². The molecule has 60 valence electrons. The van der Waals surface area contributed by atoms with Gasteiger partial charge in [-0.15, -0.1) is 23.5 Å². The fraction of sp³-hybridized carbons (Fsp3) is 1.00. The largest absolute Gasteiger partial charge is 0.147 e. The fourth-order valence-electron chi connectivity index (χ4n) is 1.49. The first-order valence-electron chi connectivity index (χ1n) is 3.90. The molecule has 0 aliphatic carbocycles. The summed E-state index contributed by atoms with van der Waals surface area (Å²) < 4.78 is 0.569. The molecule has 1 atom stereocenters. The lowest BCUT2D eigenvalue weighted by Gasteiger charge is -2.30. The molecule has 0 spiro atoms. The van der Waals surface area contributed by atoms with Crippen LogP contribution in [0.3, 0.4) is 0 Å². The molecule has 1 saturated heterocycles. The van der Waals surface area contributed by atoms with Gasteiger partial charge in [-0.1, -0.05) is 13.8 Å². The van der Waals surface area contributed by atoms with Gasteiger partial charge in [-0.3, -0.25) is 0 Å². The van der Waals surface area contributed by atoms with Crippen molar-refractivity contribution in [1.82, 2.24) is 0 Å². The maximum atomic E-state index is 2.34. The van der Waals surface area contributed by atoms with E-state index >= 15 is 0 Å². The van der Waals surface area contributed by atoms with E-state index < -0.39 is 0 Å². The van der Waals surface area contributed by atoms with Gasteiger partial charge in [0.2, 0.25) is 0 Å². The second-order valence-corrected chi connectivity index (χ2v) is 5.94. The van der Waals surface area contributed by atoms with Crippen LogP contribution >= 0.6 is 23.5 Å². The Morgan fingerprint density at radius 2 is 2.20 bits per heavy atom. The Kier molecular flexibility index (Phi) is 2.99. The maximum absolute atomic E-state index is 2.34. The van der Waals surface area contributed by atoms with Crippen LogP contribution in [0, 0.1) is 5.92 Å². The fourth-order valence-corrected chi connectivity index (χ4v) is 4.29. The molecule has 10 heavy (non-hydrogen) atoms. The van der Waals surface area contributed by atoms with E-state index in [1.54, 1.807) is 0 Å². The average Bonchev–Trinajstić information content (AvgIpc) is 2.35. The van der Waals surface area contributed by atoms with Gasteiger partial charge in [-0.2, -0.15) is 0 Å². The Hall–Kier alpha value is 0.700. The van der Waals surface area contributed by atoms with E-state index in [2.05, 4.69) is 43.6 Å². The quantitative estimate of drug-likeness (QED) is 0.633. The van der Waals surface area contributed by atoms with Gasteiger partial charge in [-0.25, -0.2) is 0 Å². The zero-order valence-electron chi connectivity index (χ0n) is 7.02. The molecule has 1 rings (SSSR count). The predicted octanol–water partition coefficient (Wildman–Crippen LogP) is 3.23. The smallest absolute Gasteiger partial charge is 0.0631 e. The monoisotopic (exact) mass is 176 g/mol. The molecule has 0 radical (unpaired) electrons. The molecule has 0 aromatic rings. The minimum atomic E-state index is 0.569. The lowest BCUT2D eigenvalue weighted by molar-refractivity contribution is 0.550. The van der Waals surface area contributed by atoms with Crippen molar-refractivity contribution in [2.75, 3.05) is 12.0 Å². The van der Waals surface area contributed by atoms with Crippen molar-refractivity contribution in [2.45, 2.75) is 30.8 Å². The van der Waals surface area contributed by atoms with Crippen LogP contribution in [0.25, 0.3) is 0 Å². The van der Waals surface area contributed by atoms with Gasteiger partial charge in [0.25, 0.3) is 0 Å². The van der Waals surface area contributed by atoms with Crippen molar-refractivity contribution >= 4 is 23.5 Å². The van der Waals surface area contributed by atoms with Gasteiger partial charge >= 0.3 is 0 Å². The third-order valence-corrected chi connectivity index (χ3v) is 6.12. The molecule has 0 bridgehead atoms. The number of rotatable bonds is 2. The van der Waals surface area contributed by atoms with Crippen molar-refractivity contribution in [1.29, 1.82) is 0 Å². The second kappa shape index (κ2) is 3.40. The molecular weight excluding hydrogens is 160 g/mol. The van der Waals surface area contributed by atoms with E-state index in [0.29, 0.717) is 4.08 Å². The average molecular weight is 176 g/mol. The molecule has 2 heteroatoms. The van der Waals surface area contributed by atoms with E-state index in [9.17, 15) is 0 Å².